The molecule has 0 heterocycles. The summed E-state index contributed by atoms with van der Waals surface area (Å²) in [5.74, 6) is 0. The van der Waals surface area contributed by atoms with Gasteiger partial charge in [0.1, 0.15) is 0 Å². The maximum atomic E-state index is 9.78. The standard InChI is InChI=1S/2C2H7N.H2O8S2/c2*1-3-2;1-7-10(5,6)8-9(2,3)4/h2*3H,1-2H3;1H,(H,2,3,4). The van der Waals surface area contributed by atoms with Crippen molar-refractivity contribution in [1.29, 1.82) is 0 Å². The number of hydrogen-bond acceptors (Lipinski definition) is 9. The maximum absolute atomic E-state index is 9.78. The SMILES string of the molecule is CNC.CNC.O=S(=O)(O)OS(=O)(=O)OO. The van der Waals surface area contributed by atoms with Gasteiger partial charge in [0, 0.05) is 0 Å². The molecule has 102 valence electrons. The zero-order chi connectivity index (χ0) is 13.8. The third kappa shape index (κ3) is 29.2. The van der Waals surface area contributed by atoms with E-state index in [1.807, 2.05) is 28.2 Å². The first-order valence-electron chi connectivity index (χ1n) is 3.53. The summed E-state index contributed by atoms with van der Waals surface area (Å²) in [5.41, 5.74) is 0. The average Bonchev–Trinajstić information content (AvgIpc) is 2.03. The smallest absolute Gasteiger partial charge is 0.323 e. The second-order valence-electron chi connectivity index (χ2n) is 1.98. The summed E-state index contributed by atoms with van der Waals surface area (Å²) >= 11 is 0. The molecule has 0 aliphatic rings. The highest BCUT2D eigenvalue weighted by molar-refractivity contribution is 7.94. The molecule has 0 fully saturated rings. The van der Waals surface area contributed by atoms with E-state index in [2.05, 4.69) is 18.6 Å². The van der Waals surface area contributed by atoms with Crippen LogP contribution in [0.2, 0.25) is 0 Å². The lowest BCUT2D eigenvalue weighted by Crippen LogP contribution is -2.13. The molecule has 0 spiro atoms. The monoisotopic (exact) mass is 284 g/mol. The Bertz CT molecular complexity index is 320. The Morgan fingerprint density at radius 3 is 1.25 bits per heavy atom. The predicted molar refractivity (Wildman–Crippen MR) is 55.2 cm³/mol. The van der Waals surface area contributed by atoms with Gasteiger partial charge in [-0.25, -0.2) is 5.26 Å². The van der Waals surface area contributed by atoms with Crippen LogP contribution in [0.1, 0.15) is 0 Å². The largest absolute Gasteiger partial charge is 0.442 e. The lowest BCUT2D eigenvalue weighted by Gasteiger charge is -1.93. The van der Waals surface area contributed by atoms with Crippen molar-refractivity contribution in [3.8, 4) is 0 Å². The predicted octanol–water partition coefficient (Wildman–Crippen LogP) is -1.79. The molecule has 10 nitrogen and oxygen atoms in total. The summed E-state index contributed by atoms with van der Waals surface area (Å²) in [7, 11) is -2.73. The molecule has 0 saturated carbocycles. The van der Waals surface area contributed by atoms with Crippen molar-refractivity contribution >= 4 is 20.8 Å². The molecule has 0 aliphatic heterocycles. The van der Waals surface area contributed by atoms with Crippen LogP contribution in [0.5, 0.6) is 0 Å². The van der Waals surface area contributed by atoms with Gasteiger partial charge in [0.05, 0.1) is 0 Å². The molecule has 0 saturated heterocycles. The molecule has 0 unspecified atom stereocenters. The first kappa shape index (κ1) is 21.0. The van der Waals surface area contributed by atoms with E-state index >= 15 is 0 Å². The minimum absolute atomic E-state index is 1.88. The van der Waals surface area contributed by atoms with Crippen LogP contribution in [0, 0.1) is 0 Å². The first-order valence-corrected chi connectivity index (χ1v) is 6.23. The van der Waals surface area contributed by atoms with Crippen LogP contribution < -0.4 is 10.6 Å². The van der Waals surface area contributed by atoms with E-state index in [9.17, 15) is 16.8 Å². The van der Waals surface area contributed by atoms with Gasteiger partial charge in [-0.1, -0.05) is 7.96 Å². The fourth-order valence-electron chi connectivity index (χ4n) is 0.118. The fourth-order valence-corrected chi connectivity index (χ4v) is 1.06. The van der Waals surface area contributed by atoms with E-state index < -0.39 is 20.8 Å². The zero-order valence-corrected chi connectivity index (χ0v) is 10.8. The highest BCUT2D eigenvalue weighted by Gasteiger charge is 2.20. The topological polar surface area (TPSA) is 151 Å². The van der Waals surface area contributed by atoms with E-state index in [0.717, 1.165) is 0 Å². The average molecular weight is 284 g/mol. The Morgan fingerprint density at radius 2 is 1.19 bits per heavy atom. The summed E-state index contributed by atoms with van der Waals surface area (Å²) in [5, 5.41) is 12.9. The van der Waals surface area contributed by atoms with Crippen LogP contribution in [-0.2, 0) is 28.8 Å². The van der Waals surface area contributed by atoms with Crippen molar-refractivity contribution in [2.45, 2.75) is 0 Å². The van der Waals surface area contributed by atoms with Gasteiger partial charge in [-0.15, -0.1) is 0 Å². The number of nitrogens with one attached hydrogen (secondary N) is 2. The van der Waals surface area contributed by atoms with Gasteiger partial charge in [0.25, 0.3) is 0 Å². The van der Waals surface area contributed by atoms with Crippen LogP contribution in [0.3, 0.4) is 0 Å². The molecule has 0 aliphatic carbocycles. The molecule has 4 N–H and O–H groups in total. The molecular weight excluding hydrogens is 268 g/mol. The molecule has 0 aromatic heterocycles. The van der Waals surface area contributed by atoms with Gasteiger partial charge in [-0.3, -0.25) is 4.55 Å². The molecular formula is C4H16N2O8S2. The molecule has 0 rings (SSSR count). The fraction of sp³-hybridized carbons (Fsp3) is 1.00. The van der Waals surface area contributed by atoms with Gasteiger partial charge in [0.2, 0.25) is 0 Å². The van der Waals surface area contributed by atoms with Crippen LogP contribution in [0.15, 0.2) is 0 Å². The maximum Gasteiger partial charge on any atom is 0.442 e. The van der Waals surface area contributed by atoms with Crippen molar-refractivity contribution in [3.05, 3.63) is 0 Å². The summed E-state index contributed by atoms with van der Waals surface area (Å²) in [6, 6.07) is 0. The molecule has 0 amide bonds. The van der Waals surface area contributed by atoms with Crippen molar-refractivity contribution in [2.75, 3.05) is 28.2 Å². The van der Waals surface area contributed by atoms with Gasteiger partial charge in [0.15, 0.2) is 0 Å². The van der Waals surface area contributed by atoms with Gasteiger partial charge in [-0.05, 0) is 28.2 Å². The minimum Gasteiger partial charge on any atom is -0.323 e. The highest BCUT2D eigenvalue weighted by atomic mass is 32.3. The molecule has 0 bridgehead atoms. The van der Waals surface area contributed by atoms with Crippen molar-refractivity contribution in [1.82, 2.24) is 10.6 Å². The van der Waals surface area contributed by atoms with Crippen LogP contribution in [-0.4, -0.2) is 54.8 Å². The lowest BCUT2D eigenvalue weighted by molar-refractivity contribution is -0.138. The third-order valence-corrected chi connectivity index (χ3v) is 1.80. The van der Waals surface area contributed by atoms with Crippen LogP contribution in [0.4, 0.5) is 0 Å². The lowest BCUT2D eigenvalue weighted by atomic mass is 11.3. The Balaban J connectivity index is -0.000000235. The molecule has 0 atom stereocenters. The van der Waals surface area contributed by atoms with E-state index in [4.69, 9.17) is 9.81 Å². The van der Waals surface area contributed by atoms with E-state index in [0.29, 0.717) is 0 Å². The molecule has 16 heavy (non-hydrogen) atoms. The third-order valence-electron chi connectivity index (χ3n) is 0.261. The Labute approximate surface area is 94.8 Å². The summed E-state index contributed by atoms with van der Waals surface area (Å²) in [4.78, 5) is 0. The van der Waals surface area contributed by atoms with E-state index in [1.54, 1.807) is 0 Å². The first-order chi connectivity index (χ1) is 7.10. The van der Waals surface area contributed by atoms with Crippen molar-refractivity contribution in [3.63, 3.8) is 0 Å². The number of rotatable bonds is 3. The van der Waals surface area contributed by atoms with Gasteiger partial charge >= 0.3 is 20.8 Å². The van der Waals surface area contributed by atoms with Gasteiger partial charge < -0.3 is 10.6 Å². The summed E-state index contributed by atoms with van der Waals surface area (Å²) < 4.78 is 51.7. The summed E-state index contributed by atoms with van der Waals surface area (Å²) in [6.07, 6.45) is 0. The Morgan fingerprint density at radius 1 is 0.938 bits per heavy atom. The van der Waals surface area contributed by atoms with Crippen molar-refractivity contribution < 1.29 is 34.6 Å². The summed E-state index contributed by atoms with van der Waals surface area (Å²) in [6.45, 7) is 0. The molecule has 12 heteroatoms. The normalized spacial score (nSPS) is 10.6. The Hall–Kier alpha value is -0.340. The molecule has 0 aromatic rings. The van der Waals surface area contributed by atoms with E-state index in [1.165, 1.54) is 0 Å². The molecule has 0 aromatic carbocycles. The van der Waals surface area contributed by atoms with Gasteiger partial charge in [-0.2, -0.15) is 16.8 Å². The minimum atomic E-state index is -5.17. The molecule has 0 radical (unpaired) electrons. The van der Waals surface area contributed by atoms with Crippen LogP contribution >= 0.6 is 0 Å². The zero-order valence-electron chi connectivity index (χ0n) is 9.16. The van der Waals surface area contributed by atoms with Crippen molar-refractivity contribution in [2.24, 2.45) is 0 Å². The van der Waals surface area contributed by atoms with E-state index in [-0.39, 0.29) is 0 Å². The second-order valence-corrected chi connectivity index (χ2v) is 4.34. The quantitative estimate of drug-likeness (QED) is 0.265. The number of hydrogen-bond donors (Lipinski definition) is 4. The van der Waals surface area contributed by atoms with Crippen LogP contribution in [0.25, 0.3) is 0 Å². The highest BCUT2D eigenvalue weighted by Crippen LogP contribution is 1.97. The second kappa shape index (κ2) is 11.2. The Kier molecular flexibility index (Phi) is 14.6.